The van der Waals surface area contributed by atoms with Gasteiger partial charge in [-0.3, -0.25) is 0 Å². The van der Waals surface area contributed by atoms with E-state index in [4.69, 9.17) is 16.3 Å². The van der Waals surface area contributed by atoms with Crippen LogP contribution in [0.1, 0.15) is 24.8 Å². The van der Waals surface area contributed by atoms with E-state index in [9.17, 15) is 5.11 Å². The molecule has 0 aromatic heterocycles. The highest BCUT2D eigenvalue weighted by atomic mass is 79.9. The minimum absolute atomic E-state index is 0.0393. The quantitative estimate of drug-likeness (QED) is 0.841. The van der Waals surface area contributed by atoms with Crippen LogP contribution in [0.2, 0.25) is 5.02 Å². The van der Waals surface area contributed by atoms with Crippen LogP contribution in [-0.4, -0.2) is 23.1 Å². The molecular formula is C14H16BrClO2. The molecule has 98 valence electrons. The molecule has 3 fully saturated rings. The van der Waals surface area contributed by atoms with Crippen LogP contribution in [0.3, 0.4) is 0 Å². The molecule has 1 aliphatic carbocycles. The van der Waals surface area contributed by atoms with Crippen LogP contribution in [0.4, 0.5) is 0 Å². The summed E-state index contributed by atoms with van der Waals surface area (Å²) in [5, 5.41) is 10.3. The van der Waals surface area contributed by atoms with Crippen LogP contribution in [0.25, 0.3) is 0 Å². The second kappa shape index (κ2) is 4.48. The highest BCUT2D eigenvalue weighted by Crippen LogP contribution is 2.55. The van der Waals surface area contributed by atoms with Crippen molar-refractivity contribution in [2.24, 2.45) is 5.41 Å². The van der Waals surface area contributed by atoms with Gasteiger partial charge >= 0.3 is 0 Å². The van der Waals surface area contributed by atoms with Crippen molar-refractivity contribution in [3.8, 4) is 0 Å². The first-order chi connectivity index (χ1) is 8.60. The average Bonchev–Trinajstić information content (AvgIpc) is 2.41. The molecule has 0 amide bonds. The Hall–Kier alpha value is -0.0900. The van der Waals surface area contributed by atoms with E-state index in [0.717, 1.165) is 24.3 Å². The Labute approximate surface area is 120 Å². The molecule has 2 heterocycles. The number of halogens is 2. The predicted octanol–water partition coefficient (Wildman–Crippen LogP) is 3.49. The molecule has 1 aromatic rings. The van der Waals surface area contributed by atoms with Crippen molar-refractivity contribution < 1.29 is 9.84 Å². The standard InChI is InChI=1S/C14H16BrClO2/c15-12-7-13(8-17)5-6-14(12,18-9-13)10-1-3-11(16)4-2-10/h1-4,12,17H,5-9H2. The van der Waals surface area contributed by atoms with Gasteiger partial charge < -0.3 is 9.84 Å². The van der Waals surface area contributed by atoms with E-state index in [1.54, 1.807) is 0 Å². The van der Waals surface area contributed by atoms with Gasteiger partial charge in [0.25, 0.3) is 0 Å². The molecular weight excluding hydrogens is 316 g/mol. The third kappa shape index (κ3) is 1.83. The molecule has 2 bridgehead atoms. The van der Waals surface area contributed by atoms with Crippen molar-refractivity contribution in [3.05, 3.63) is 34.9 Å². The number of hydrogen-bond acceptors (Lipinski definition) is 2. The largest absolute Gasteiger partial charge is 0.396 e. The van der Waals surface area contributed by atoms with Gasteiger partial charge in [-0.15, -0.1) is 0 Å². The van der Waals surface area contributed by atoms with Gasteiger partial charge in [-0.2, -0.15) is 0 Å². The Bertz CT molecular complexity index is 438. The van der Waals surface area contributed by atoms with Crippen LogP contribution < -0.4 is 0 Å². The van der Waals surface area contributed by atoms with Gasteiger partial charge in [0.05, 0.1) is 13.2 Å². The number of ether oxygens (including phenoxy) is 1. The lowest BCUT2D eigenvalue weighted by Gasteiger charge is -2.55. The Morgan fingerprint density at radius 3 is 2.56 bits per heavy atom. The van der Waals surface area contributed by atoms with E-state index >= 15 is 0 Å². The fraction of sp³-hybridized carbons (Fsp3) is 0.571. The smallest absolute Gasteiger partial charge is 0.106 e. The topological polar surface area (TPSA) is 29.5 Å². The summed E-state index contributed by atoms with van der Waals surface area (Å²) in [6.07, 6.45) is 2.94. The number of rotatable bonds is 2. The zero-order valence-corrected chi connectivity index (χ0v) is 12.4. The van der Waals surface area contributed by atoms with Gasteiger partial charge in [-0.1, -0.05) is 39.7 Å². The van der Waals surface area contributed by atoms with E-state index in [0.29, 0.717) is 6.61 Å². The second-order valence-electron chi connectivity index (χ2n) is 5.51. The molecule has 2 nitrogen and oxygen atoms in total. The van der Waals surface area contributed by atoms with Crippen LogP contribution in [0, 0.1) is 5.41 Å². The molecule has 2 aliphatic heterocycles. The molecule has 3 aliphatic rings. The van der Waals surface area contributed by atoms with Gasteiger partial charge in [0.2, 0.25) is 0 Å². The minimum Gasteiger partial charge on any atom is -0.396 e. The van der Waals surface area contributed by atoms with Crippen LogP contribution in [0.15, 0.2) is 24.3 Å². The van der Waals surface area contributed by atoms with Crippen LogP contribution in [-0.2, 0) is 10.3 Å². The zero-order valence-electron chi connectivity index (χ0n) is 10.0. The van der Waals surface area contributed by atoms with Crippen molar-refractivity contribution in [1.29, 1.82) is 0 Å². The van der Waals surface area contributed by atoms with E-state index in [2.05, 4.69) is 15.9 Å². The van der Waals surface area contributed by atoms with Crippen molar-refractivity contribution in [3.63, 3.8) is 0 Å². The maximum Gasteiger partial charge on any atom is 0.106 e. The third-order valence-corrected chi connectivity index (χ3v) is 5.76. The molecule has 3 atom stereocenters. The van der Waals surface area contributed by atoms with E-state index in [1.165, 1.54) is 5.56 Å². The lowest BCUT2D eigenvalue weighted by molar-refractivity contribution is -0.193. The number of hydrogen-bond donors (Lipinski definition) is 1. The number of benzene rings is 1. The predicted molar refractivity (Wildman–Crippen MR) is 75.2 cm³/mol. The molecule has 4 heteroatoms. The summed E-state index contributed by atoms with van der Waals surface area (Å²) in [7, 11) is 0. The number of aliphatic hydroxyl groups is 1. The van der Waals surface area contributed by atoms with Crippen molar-refractivity contribution in [1.82, 2.24) is 0 Å². The van der Waals surface area contributed by atoms with Gasteiger partial charge in [0, 0.05) is 15.3 Å². The summed E-state index contributed by atoms with van der Waals surface area (Å²) in [5.41, 5.74) is 0.893. The average molecular weight is 332 g/mol. The van der Waals surface area contributed by atoms with Gasteiger partial charge in [-0.25, -0.2) is 0 Å². The summed E-state index contributed by atoms with van der Waals surface area (Å²) in [5.74, 6) is 0. The first kappa shape index (κ1) is 12.9. The summed E-state index contributed by atoms with van der Waals surface area (Å²) in [6.45, 7) is 0.861. The summed E-state index contributed by atoms with van der Waals surface area (Å²) >= 11 is 9.71. The molecule has 0 spiro atoms. The molecule has 2 saturated heterocycles. The monoisotopic (exact) mass is 330 g/mol. The minimum atomic E-state index is -0.249. The Morgan fingerprint density at radius 2 is 2.06 bits per heavy atom. The molecule has 18 heavy (non-hydrogen) atoms. The Balaban J connectivity index is 1.95. The third-order valence-electron chi connectivity index (χ3n) is 4.45. The summed E-state index contributed by atoms with van der Waals surface area (Å²) in [6, 6.07) is 7.93. The lowest BCUT2D eigenvalue weighted by Crippen LogP contribution is -2.56. The highest BCUT2D eigenvalue weighted by molar-refractivity contribution is 9.09. The summed E-state index contributed by atoms with van der Waals surface area (Å²) < 4.78 is 6.15. The molecule has 0 radical (unpaired) electrons. The van der Waals surface area contributed by atoms with Crippen LogP contribution >= 0.6 is 27.5 Å². The second-order valence-corrected chi connectivity index (χ2v) is 7.06. The van der Waals surface area contributed by atoms with Gasteiger partial charge in [0.15, 0.2) is 0 Å². The van der Waals surface area contributed by atoms with Gasteiger partial charge in [-0.05, 0) is 37.0 Å². The molecule has 3 unspecified atom stereocenters. The number of alkyl halides is 1. The molecule has 1 saturated carbocycles. The van der Waals surface area contributed by atoms with Crippen molar-refractivity contribution in [2.75, 3.05) is 13.2 Å². The first-order valence-electron chi connectivity index (χ1n) is 6.25. The van der Waals surface area contributed by atoms with E-state index in [-0.39, 0.29) is 22.5 Å². The molecule has 1 N–H and O–H groups in total. The zero-order chi connectivity index (χ0) is 12.8. The summed E-state index contributed by atoms with van der Waals surface area (Å²) in [4.78, 5) is 0.251. The lowest BCUT2D eigenvalue weighted by atomic mass is 9.64. The maximum absolute atomic E-state index is 9.56. The Kier molecular flexibility index (Phi) is 3.22. The number of fused-ring (bicyclic) bond motifs is 3. The van der Waals surface area contributed by atoms with E-state index in [1.807, 2.05) is 24.3 Å². The normalized spacial score (nSPS) is 38.9. The number of aliphatic hydroxyl groups excluding tert-OH is 1. The maximum atomic E-state index is 9.56. The SMILES string of the molecule is OCC12CCC(c3ccc(Cl)cc3)(OC1)C(Br)C2. The van der Waals surface area contributed by atoms with Crippen molar-refractivity contribution in [2.45, 2.75) is 29.7 Å². The first-order valence-corrected chi connectivity index (χ1v) is 7.55. The van der Waals surface area contributed by atoms with E-state index < -0.39 is 0 Å². The van der Waals surface area contributed by atoms with Crippen LogP contribution in [0.5, 0.6) is 0 Å². The fourth-order valence-corrected chi connectivity index (χ4v) is 4.60. The molecule has 4 rings (SSSR count). The molecule has 1 aromatic carbocycles. The van der Waals surface area contributed by atoms with Gasteiger partial charge in [0.1, 0.15) is 5.60 Å². The van der Waals surface area contributed by atoms with Crippen molar-refractivity contribution >= 4 is 27.5 Å². The fourth-order valence-electron chi connectivity index (χ4n) is 3.16. The highest BCUT2D eigenvalue weighted by Gasteiger charge is 2.55. The Morgan fingerprint density at radius 1 is 1.33 bits per heavy atom.